The molecule has 0 amide bonds. The van der Waals surface area contributed by atoms with Gasteiger partial charge in [-0.2, -0.15) is 5.10 Å². The second kappa shape index (κ2) is 10.3. The van der Waals surface area contributed by atoms with Crippen molar-refractivity contribution in [2.45, 2.75) is 26.7 Å². The van der Waals surface area contributed by atoms with Gasteiger partial charge in [0, 0.05) is 5.38 Å². The average molecular weight is 447 g/mol. The summed E-state index contributed by atoms with van der Waals surface area (Å²) in [5.74, 6) is -2.60. The van der Waals surface area contributed by atoms with E-state index in [-0.39, 0.29) is 24.5 Å². The van der Waals surface area contributed by atoms with Crippen molar-refractivity contribution in [2.75, 3.05) is 22.5 Å². The number of halogens is 2. The van der Waals surface area contributed by atoms with E-state index in [1.807, 2.05) is 0 Å². The summed E-state index contributed by atoms with van der Waals surface area (Å²) >= 11 is 1.15. The Morgan fingerprint density at radius 3 is 2.79 bits per heavy atom. The van der Waals surface area contributed by atoms with Gasteiger partial charge in [-0.1, -0.05) is 6.92 Å². The van der Waals surface area contributed by atoms with Crippen molar-refractivity contribution in [3.63, 3.8) is 0 Å². The van der Waals surface area contributed by atoms with Crippen LogP contribution >= 0.6 is 11.3 Å². The summed E-state index contributed by atoms with van der Waals surface area (Å²) in [7, 11) is -3.73. The molecule has 1 heterocycles. The van der Waals surface area contributed by atoms with Crippen LogP contribution in [0.3, 0.4) is 0 Å². The third-order valence-corrected chi connectivity index (χ3v) is 5.67. The minimum Gasteiger partial charge on any atom is -0.466 e. The molecule has 0 aliphatic heterocycles. The maximum atomic E-state index is 14.5. The molecule has 2 N–H and O–H groups in total. The van der Waals surface area contributed by atoms with E-state index in [0.717, 1.165) is 29.7 Å². The number of ether oxygens (including phenoxy) is 1. The molecule has 0 saturated carbocycles. The van der Waals surface area contributed by atoms with Gasteiger partial charge < -0.3 is 4.74 Å². The van der Waals surface area contributed by atoms with Gasteiger partial charge in [-0.25, -0.2) is 22.2 Å². The van der Waals surface area contributed by atoms with Gasteiger partial charge in [0.25, 0.3) is 0 Å². The van der Waals surface area contributed by atoms with E-state index in [1.165, 1.54) is 0 Å². The van der Waals surface area contributed by atoms with E-state index in [0.29, 0.717) is 17.2 Å². The third kappa shape index (κ3) is 6.75. The molecule has 0 atom stereocenters. The smallest absolute Gasteiger partial charge is 0.311 e. The van der Waals surface area contributed by atoms with E-state index in [1.54, 1.807) is 19.2 Å². The van der Waals surface area contributed by atoms with Gasteiger partial charge in [-0.05, 0) is 25.5 Å². The first kappa shape index (κ1) is 22.7. The molecule has 8 nitrogen and oxygen atoms in total. The molecule has 0 spiro atoms. The predicted molar refractivity (Wildman–Crippen MR) is 108 cm³/mol. The quantitative estimate of drug-likeness (QED) is 0.330. The fourth-order valence-electron chi connectivity index (χ4n) is 2.21. The zero-order valence-corrected chi connectivity index (χ0v) is 17.4. The summed E-state index contributed by atoms with van der Waals surface area (Å²) in [6.45, 7) is 3.63. The Kier molecular flexibility index (Phi) is 8.02. The molecule has 1 aromatic carbocycles. The highest BCUT2D eigenvalue weighted by atomic mass is 32.2. The number of benzene rings is 1. The lowest BCUT2D eigenvalue weighted by atomic mass is 10.2. The third-order valence-electron chi connectivity index (χ3n) is 3.40. The monoisotopic (exact) mass is 446 g/mol. The minimum atomic E-state index is -3.73. The van der Waals surface area contributed by atoms with Crippen molar-refractivity contribution in [1.82, 2.24) is 4.98 Å². The highest BCUT2D eigenvalue weighted by Crippen LogP contribution is 2.22. The van der Waals surface area contributed by atoms with E-state index < -0.39 is 33.2 Å². The summed E-state index contributed by atoms with van der Waals surface area (Å²) in [6, 6.07) is 1.94. The second-order valence-electron chi connectivity index (χ2n) is 5.74. The number of nitrogens with zero attached hydrogens (tertiary/aromatic N) is 2. The normalized spacial score (nSPS) is 11.6. The molecule has 0 radical (unpaired) electrons. The molecular formula is C17H20F2N4O4S2. The SMILES string of the molecule is CCCS(=O)(=O)Nc1ccc(F)c(C=NNc2nc(CC(=O)OCC)cs2)c1F. The van der Waals surface area contributed by atoms with Crippen LogP contribution in [0.1, 0.15) is 31.5 Å². The summed E-state index contributed by atoms with van der Waals surface area (Å²) in [5, 5.41) is 5.67. The number of thiazole rings is 1. The Bertz CT molecular complexity index is 993. The molecule has 0 aliphatic carbocycles. The number of hydrazone groups is 1. The Balaban J connectivity index is 2.10. The number of anilines is 2. The van der Waals surface area contributed by atoms with Crippen molar-refractivity contribution in [2.24, 2.45) is 5.10 Å². The molecule has 0 bridgehead atoms. The van der Waals surface area contributed by atoms with E-state index in [9.17, 15) is 22.0 Å². The van der Waals surface area contributed by atoms with Gasteiger partial charge in [-0.15, -0.1) is 11.3 Å². The first-order chi connectivity index (χ1) is 13.8. The Hall–Kier alpha value is -2.60. The molecule has 1 aromatic heterocycles. The van der Waals surface area contributed by atoms with Gasteiger partial charge in [-0.3, -0.25) is 14.9 Å². The predicted octanol–water partition coefficient (Wildman–Crippen LogP) is 3.12. The van der Waals surface area contributed by atoms with Crippen LogP contribution in [0.2, 0.25) is 0 Å². The maximum Gasteiger partial charge on any atom is 0.311 e. The lowest BCUT2D eigenvalue weighted by Crippen LogP contribution is -2.17. The highest BCUT2D eigenvalue weighted by molar-refractivity contribution is 7.92. The summed E-state index contributed by atoms with van der Waals surface area (Å²) in [5.41, 5.74) is 2.10. The van der Waals surface area contributed by atoms with Crippen LogP contribution < -0.4 is 10.1 Å². The largest absolute Gasteiger partial charge is 0.466 e. The molecule has 0 saturated heterocycles. The molecule has 2 aromatic rings. The molecule has 158 valence electrons. The van der Waals surface area contributed by atoms with Crippen LogP contribution in [0, 0.1) is 11.6 Å². The number of nitrogens with one attached hydrogen (secondary N) is 2. The lowest BCUT2D eigenvalue weighted by Gasteiger charge is -2.10. The number of hydrogen-bond acceptors (Lipinski definition) is 8. The minimum absolute atomic E-state index is 0.00105. The van der Waals surface area contributed by atoms with Gasteiger partial charge in [0.1, 0.15) is 5.82 Å². The van der Waals surface area contributed by atoms with Crippen LogP contribution in [-0.2, 0) is 26.0 Å². The summed E-state index contributed by atoms with van der Waals surface area (Å²) in [6.07, 6.45) is 1.23. The summed E-state index contributed by atoms with van der Waals surface area (Å²) in [4.78, 5) is 15.5. The molecule has 2 rings (SSSR count). The van der Waals surface area contributed by atoms with Gasteiger partial charge in [0.05, 0.1) is 41.9 Å². The van der Waals surface area contributed by atoms with Gasteiger partial charge in [0.15, 0.2) is 5.82 Å². The number of hydrogen-bond donors (Lipinski definition) is 2. The van der Waals surface area contributed by atoms with Crippen LogP contribution in [0.25, 0.3) is 0 Å². The zero-order valence-electron chi connectivity index (χ0n) is 15.7. The van der Waals surface area contributed by atoms with E-state index in [2.05, 4.69) is 20.2 Å². The number of carbonyl (C=O) groups is 1. The average Bonchev–Trinajstić information content (AvgIpc) is 3.07. The number of sulfonamides is 1. The second-order valence-corrected chi connectivity index (χ2v) is 8.44. The summed E-state index contributed by atoms with van der Waals surface area (Å²) < 4.78 is 59.0. The molecule has 29 heavy (non-hydrogen) atoms. The van der Waals surface area contributed by atoms with E-state index in [4.69, 9.17) is 4.74 Å². The van der Waals surface area contributed by atoms with Crippen molar-refractivity contribution >= 4 is 44.4 Å². The number of aromatic nitrogens is 1. The number of carbonyl (C=O) groups excluding carboxylic acids is 1. The van der Waals surface area contributed by atoms with Crippen molar-refractivity contribution in [3.05, 3.63) is 40.4 Å². The van der Waals surface area contributed by atoms with Crippen LogP contribution in [-0.4, -0.2) is 37.9 Å². The highest BCUT2D eigenvalue weighted by Gasteiger charge is 2.17. The van der Waals surface area contributed by atoms with Gasteiger partial charge >= 0.3 is 5.97 Å². The fraction of sp³-hybridized carbons (Fsp3) is 0.353. The fourth-order valence-corrected chi connectivity index (χ4v) is 4.00. The first-order valence-electron chi connectivity index (χ1n) is 8.63. The maximum absolute atomic E-state index is 14.5. The first-order valence-corrected chi connectivity index (χ1v) is 11.2. The van der Waals surface area contributed by atoms with Gasteiger partial charge in [0.2, 0.25) is 15.2 Å². The van der Waals surface area contributed by atoms with Crippen molar-refractivity contribution in [1.29, 1.82) is 0 Å². The Morgan fingerprint density at radius 2 is 2.10 bits per heavy atom. The Morgan fingerprint density at radius 1 is 1.34 bits per heavy atom. The van der Waals surface area contributed by atoms with Crippen molar-refractivity contribution in [3.8, 4) is 0 Å². The number of rotatable bonds is 10. The van der Waals surface area contributed by atoms with E-state index >= 15 is 0 Å². The Labute approximate surface area is 171 Å². The van der Waals surface area contributed by atoms with Crippen LogP contribution in [0.5, 0.6) is 0 Å². The molecular weight excluding hydrogens is 426 g/mol. The molecule has 0 aliphatic rings. The van der Waals surface area contributed by atoms with Crippen molar-refractivity contribution < 1.29 is 26.7 Å². The molecule has 12 heteroatoms. The van der Waals surface area contributed by atoms with Crippen LogP contribution in [0.4, 0.5) is 19.6 Å². The standard InChI is InChI=1S/C17H20F2N4O4S2/c1-3-7-29(25,26)23-14-6-5-13(18)12(16(14)19)9-20-22-17-21-11(10-28-17)8-15(24)27-4-2/h5-6,9-10,23H,3-4,7-8H2,1-2H3,(H,21,22). The lowest BCUT2D eigenvalue weighted by molar-refractivity contribution is -0.142. The van der Waals surface area contributed by atoms with Crippen LogP contribution in [0.15, 0.2) is 22.6 Å². The molecule has 0 fully saturated rings. The zero-order chi connectivity index (χ0) is 21.4. The molecule has 0 unspecified atom stereocenters. The number of esters is 1. The topological polar surface area (TPSA) is 110 Å².